The molecule has 0 spiro atoms. The van der Waals surface area contributed by atoms with E-state index in [1.54, 1.807) is 37.2 Å². The van der Waals surface area contributed by atoms with E-state index >= 15 is 0 Å². The number of ether oxygens (including phenoxy) is 1. The van der Waals surface area contributed by atoms with Gasteiger partial charge < -0.3 is 14.5 Å². The number of piperidine rings is 1. The summed E-state index contributed by atoms with van der Waals surface area (Å²) in [6.45, 7) is 2.34. The number of likely N-dealkylation sites (tertiary alicyclic amines) is 1. The van der Waals surface area contributed by atoms with Crippen molar-refractivity contribution >= 4 is 16.1 Å². The molecule has 0 aliphatic carbocycles. The lowest BCUT2D eigenvalue weighted by atomic mass is 9.97. The monoisotopic (exact) mass is 367 g/mol. The van der Waals surface area contributed by atoms with Crippen LogP contribution in [0, 0.1) is 5.92 Å². The molecule has 2 heterocycles. The molecule has 1 N–H and O–H groups in total. The second-order valence-corrected chi connectivity index (χ2v) is 8.59. The van der Waals surface area contributed by atoms with Crippen molar-refractivity contribution in [3.05, 3.63) is 23.8 Å². The van der Waals surface area contributed by atoms with Crippen molar-refractivity contribution < 1.29 is 17.9 Å². The van der Waals surface area contributed by atoms with E-state index in [4.69, 9.17) is 4.74 Å². The number of nitrogens with one attached hydrogen (secondary N) is 1. The molecule has 0 unspecified atom stereocenters. The number of sulfonamides is 1. The van der Waals surface area contributed by atoms with Gasteiger partial charge in [-0.3, -0.25) is 0 Å². The van der Waals surface area contributed by atoms with Crippen LogP contribution in [-0.4, -0.2) is 64.6 Å². The fraction of sp³-hybridized carbons (Fsp3) is 0.588. The van der Waals surface area contributed by atoms with Crippen molar-refractivity contribution in [1.82, 2.24) is 14.5 Å². The summed E-state index contributed by atoms with van der Waals surface area (Å²) in [7, 11) is -0.0383. The van der Waals surface area contributed by atoms with E-state index in [-0.39, 0.29) is 16.8 Å². The first kappa shape index (κ1) is 18.0. The van der Waals surface area contributed by atoms with Crippen molar-refractivity contribution in [2.45, 2.75) is 24.2 Å². The van der Waals surface area contributed by atoms with Gasteiger partial charge in [0.25, 0.3) is 0 Å². The molecule has 1 fully saturated rings. The zero-order valence-corrected chi connectivity index (χ0v) is 15.5. The molecular weight excluding hydrogens is 342 g/mol. The van der Waals surface area contributed by atoms with Gasteiger partial charge in [0, 0.05) is 40.2 Å². The number of nitrogens with zero attached hydrogens (tertiary/aromatic N) is 2. The van der Waals surface area contributed by atoms with Crippen LogP contribution in [0.1, 0.15) is 18.4 Å². The summed E-state index contributed by atoms with van der Waals surface area (Å²) in [4.78, 5) is 15.6. The van der Waals surface area contributed by atoms with Crippen molar-refractivity contribution in [3.8, 4) is 5.75 Å². The van der Waals surface area contributed by atoms with Crippen molar-refractivity contribution in [2.24, 2.45) is 5.92 Å². The number of carbonyl (C=O) groups is 1. The number of amides is 2. The maximum Gasteiger partial charge on any atom is 0.319 e. The van der Waals surface area contributed by atoms with E-state index in [1.807, 2.05) is 4.90 Å². The third-order valence-corrected chi connectivity index (χ3v) is 6.22. The Labute approximate surface area is 149 Å². The Kier molecular flexibility index (Phi) is 5.19. The number of hydrogen-bond acceptors (Lipinski definition) is 4. The molecule has 2 aliphatic heterocycles. The van der Waals surface area contributed by atoms with Gasteiger partial charge in [0.2, 0.25) is 10.0 Å². The highest BCUT2D eigenvalue weighted by Gasteiger charge is 2.25. The van der Waals surface area contributed by atoms with Crippen LogP contribution in [0.2, 0.25) is 0 Å². The predicted octanol–water partition coefficient (Wildman–Crippen LogP) is 1.29. The SMILES string of the molecule is CN(C)C(=O)N1CCC(CNS(=O)(=O)c2ccc3c(c2)CCO3)CC1. The molecule has 2 aliphatic rings. The molecule has 0 bridgehead atoms. The Bertz CT molecular complexity index is 740. The second-order valence-electron chi connectivity index (χ2n) is 6.83. The van der Waals surface area contributed by atoms with Crippen LogP contribution in [0.3, 0.4) is 0 Å². The van der Waals surface area contributed by atoms with E-state index in [1.165, 1.54) is 0 Å². The van der Waals surface area contributed by atoms with Crippen LogP contribution >= 0.6 is 0 Å². The fourth-order valence-corrected chi connectivity index (χ4v) is 4.42. The minimum atomic E-state index is -3.52. The lowest BCUT2D eigenvalue weighted by Crippen LogP contribution is -2.45. The minimum absolute atomic E-state index is 0.0133. The Morgan fingerprint density at radius 3 is 2.72 bits per heavy atom. The first-order valence-electron chi connectivity index (χ1n) is 8.58. The van der Waals surface area contributed by atoms with Gasteiger partial charge >= 0.3 is 6.03 Å². The number of benzene rings is 1. The smallest absolute Gasteiger partial charge is 0.319 e. The third-order valence-electron chi connectivity index (χ3n) is 4.80. The third kappa shape index (κ3) is 4.07. The number of fused-ring (bicyclic) bond motifs is 1. The molecule has 0 aromatic heterocycles. The molecule has 1 aromatic rings. The molecule has 7 nitrogen and oxygen atoms in total. The molecule has 0 atom stereocenters. The van der Waals surface area contributed by atoms with Crippen LogP contribution in [0.15, 0.2) is 23.1 Å². The van der Waals surface area contributed by atoms with E-state index < -0.39 is 10.0 Å². The second kappa shape index (κ2) is 7.21. The maximum atomic E-state index is 12.5. The maximum absolute atomic E-state index is 12.5. The molecular formula is C17H25N3O4S. The van der Waals surface area contributed by atoms with Crippen LogP contribution in [0.25, 0.3) is 0 Å². The van der Waals surface area contributed by atoms with E-state index in [0.717, 1.165) is 30.6 Å². The van der Waals surface area contributed by atoms with E-state index in [2.05, 4.69) is 4.72 Å². The number of carbonyl (C=O) groups excluding carboxylic acids is 1. The molecule has 1 aromatic carbocycles. The molecule has 138 valence electrons. The lowest BCUT2D eigenvalue weighted by Gasteiger charge is -2.33. The van der Waals surface area contributed by atoms with Crippen LogP contribution in [0.4, 0.5) is 4.79 Å². The van der Waals surface area contributed by atoms with Gasteiger partial charge in [-0.15, -0.1) is 0 Å². The summed E-state index contributed by atoms with van der Waals surface area (Å²) in [5.74, 6) is 1.02. The molecule has 2 amide bonds. The summed E-state index contributed by atoms with van der Waals surface area (Å²) >= 11 is 0. The van der Waals surface area contributed by atoms with Crippen LogP contribution in [0.5, 0.6) is 5.75 Å². The molecule has 8 heteroatoms. The normalized spacial score (nSPS) is 17.9. The summed E-state index contributed by atoms with van der Waals surface area (Å²) in [5, 5.41) is 0. The Morgan fingerprint density at radius 1 is 1.32 bits per heavy atom. The van der Waals surface area contributed by atoms with Crippen molar-refractivity contribution in [1.29, 1.82) is 0 Å². The van der Waals surface area contributed by atoms with Gasteiger partial charge in [0.1, 0.15) is 5.75 Å². The number of urea groups is 1. The molecule has 0 radical (unpaired) electrons. The van der Waals surface area contributed by atoms with Crippen molar-refractivity contribution in [2.75, 3.05) is 40.3 Å². The number of hydrogen-bond donors (Lipinski definition) is 1. The largest absolute Gasteiger partial charge is 0.493 e. The Morgan fingerprint density at radius 2 is 2.04 bits per heavy atom. The zero-order valence-electron chi connectivity index (χ0n) is 14.7. The average molecular weight is 367 g/mol. The highest BCUT2D eigenvalue weighted by molar-refractivity contribution is 7.89. The standard InChI is InChI=1S/C17H25N3O4S/c1-19(2)17(21)20-8-5-13(6-9-20)12-18-25(22,23)15-3-4-16-14(11-15)7-10-24-16/h3-4,11,13,18H,5-10,12H2,1-2H3. The van der Waals surface area contributed by atoms with Crippen LogP contribution in [-0.2, 0) is 16.4 Å². The molecule has 0 saturated carbocycles. The molecule has 1 saturated heterocycles. The summed E-state index contributed by atoms with van der Waals surface area (Å²) in [6, 6.07) is 5.02. The summed E-state index contributed by atoms with van der Waals surface area (Å²) < 4.78 is 33.2. The minimum Gasteiger partial charge on any atom is -0.493 e. The number of rotatable bonds is 4. The Hall–Kier alpha value is -1.80. The van der Waals surface area contributed by atoms with Gasteiger partial charge in [-0.05, 0) is 42.5 Å². The van der Waals surface area contributed by atoms with Gasteiger partial charge in [-0.1, -0.05) is 0 Å². The Balaban J connectivity index is 1.54. The van der Waals surface area contributed by atoms with Gasteiger partial charge in [0.05, 0.1) is 11.5 Å². The first-order chi connectivity index (χ1) is 11.9. The van der Waals surface area contributed by atoms with Crippen LogP contribution < -0.4 is 9.46 Å². The highest BCUT2D eigenvalue weighted by atomic mass is 32.2. The topological polar surface area (TPSA) is 79.0 Å². The zero-order chi connectivity index (χ0) is 18.0. The van der Waals surface area contributed by atoms with Gasteiger partial charge in [-0.2, -0.15) is 0 Å². The first-order valence-corrected chi connectivity index (χ1v) is 10.1. The molecule has 25 heavy (non-hydrogen) atoms. The fourth-order valence-electron chi connectivity index (χ4n) is 3.25. The molecule has 3 rings (SSSR count). The van der Waals surface area contributed by atoms with E-state index in [9.17, 15) is 13.2 Å². The average Bonchev–Trinajstić information content (AvgIpc) is 3.07. The quantitative estimate of drug-likeness (QED) is 0.870. The highest BCUT2D eigenvalue weighted by Crippen LogP contribution is 2.27. The summed E-state index contributed by atoms with van der Waals surface area (Å²) in [5.41, 5.74) is 0.943. The lowest BCUT2D eigenvalue weighted by molar-refractivity contribution is 0.148. The van der Waals surface area contributed by atoms with Gasteiger partial charge in [0.15, 0.2) is 0 Å². The summed E-state index contributed by atoms with van der Waals surface area (Å²) in [6.07, 6.45) is 2.36. The van der Waals surface area contributed by atoms with Crippen molar-refractivity contribution in [3.63, 3.8) is 0 Å². The van der Waals surface area contributed by atoms with E-state index in [0.29, 0.717) is 26.2 Å². The predicted molar refractivity (Wildman–Crippen MR) is 94.2 cm³/mol. The van der Waals surface area contributed by atoms with Gasteiger partial charge in [-0.25, -0.2) is 17.9 Å².